The molecule has 1 aliphatic carbocycles. The normalized spacial score (nSPS) is 34.9. The van der Waals surface area contributed by atoms with E-state index < -0.39 is 0 Å². The second kappa shape index (κ2) is 7.05. The molecule has 1 aliphatic heterocycles. The number of nitrogens with zero attached hydrogens (tertiary/aromatic N) is 2. The van der Waals surface area contributed by atoms with Gasteiger partial charge in [-0.3, -0.25) is 0 Å². The molecule has 2 aliphatic rings. The quantitative estimate of drug-likeness (QED) is 0.847. The Hall–Kier alpha value is -0.120. The maximum absolute atomic E-state index is 6.33. The molecule has 0 radical (unpaired) electrons. The summed E-state index contributed by atoms with van der Waals surface area (Å²) in [6.45, 7) is 9.63. The van der Waals surface area contributed by atoms with E-state index >= 15 is 0 Å². The lowest BCUT2D eigenvalue weighted by Gasteiger charge is -2.40. The van der Waals surface area contributed by atoms with Crippen molar-refractivity contribution >= 4 is 0 Å². The summed E-state index contributed by atoms with van der Waals surface area (Å²) >= 11 is 0. The molecule has 0 aromatic heterocycles. The summed E-state index contributed by atoms with van der Waals surface area (Å²) in [5.74, 6) is 1.60. The van der Waals surface area contributed by atoms with Crippen LogP contribution in [0.15, 0.2) is 0 Å². The van der Waals surface area contributed by atoms with Gasteiger partial charge in [-0.25, -0.2) is 0 Å². The first-order valence-corrected chi connectivity index (χ1v) is 8.28. The molecule has 1 heterocycles. The van der Waals surface area contributed by atoms with Gasteiger partial charge < -0.3 is 15.5 Å². The van der Waals surface area contributed by atoms with Crippen LogP contribution in [0.2, 0.25) is 0 Å². The largest absolute Gasteiger partial charge is 0.327 e. The van der Waals surface area contributed by atoms with Crippen molar-refractivity contribution < 1.29 is 0 Å². The number of hydrogen-bond acceptors (Lipinski definition) is 3. The molecule has 3 atom stereocenters. The van der Waals surface area contributed by atoms with Crippen molar-refractivity contribution in [3.05, 3.63) is 0 Å². The third kappa shape index (κ3) is 4.17. The average molecular weight is 267 g/mol. The zero-order valence-electron chi connectivity index (χ0n) is 13.1. The lowest BCUT2D eigenvalue weighted by atomic mass is 9.79. The summed E-state index contributed by atoms with van der Waals surface area (Å²) < 4.78 is 0. The van der Waals surface area contributed by atoms with Crippen molar-refractivity contribution in [1.29, 1.82) is 0 Å². The molecule has 0 spiro atoms. The van der Waals surface area contributed by atoms with Crippen LogP contribution < -0.4 is 5.73 Å². The highest BCUT2D eigenvalue weighted by Crippen LogP contribution is 2.29. The molecule has 112 valence electrons. The van der Waals surface area contributed by atoms with Crippen molar-refractivity contribution in [2.45, 2.75) is 58.0 Å². The lowest BCUT2D eigenvalue weighted by molar-refractivity contribution is 0.0992. The van der Waals surface area contributed by atoms with Gasteiger partial charge in [0.15, 0.2) is 0 Å². The fourth-order valence-electron chi connectivity index (χ4n) is 3.93. The highest BCUT2D eigenvalue weighted by Gasteiger charge is 2.29. The monoisotopic (exact) mass is 267 g/mol. The van der Waals surface area contributed by atoms with Crippen molar-refractivity contribution in [3.8, 4) is 0 Å². The van der Waals surface area contributed by atoms with E-state index in [-0.39, 0.29) is 0 Å². The van der Waals surface area contributed by atoms with Crippen LogP contribution >= 0.6 is 0 Å². The number of likely N-dealkylation sites (tertiary alicyclic amines) is 1. The highest BCUT2D eigenvalue weighted by molar-refractivity contribution is 4.85. The van der Waals surface area contributed by atoms with Crippen LogP contribution in [0.1, 0.15) is 46.0 Å². The zero-order chi connectivity index (χ0) is 13.8. The van der Waals surface area contributed by atoms with Gasteiger partial charge >= 0.3 is 0 Å². The third-order valence-corrected chi connectivity index (χ3v) is 5.45. The van der Waals surface area contributed by atoms with Crippen LogP contribution in [0.3, 0.4) is 0 Å². The second-order valence-corrected chi connectivity index (χ2v) is 6.95. The molecule has 3 nitrogen and oxygen atoms in total. The zero-order valence-corrected chi connectivity index (χ0v) is 13.1. The van der Waals surface area contributed by atoms with E-state index in [2.05, 4.69) is 30.7 Å². The average Bonchev–Trinajstić information content (AvgIpc) is 2.43. The molecule has 0 aromatic carbocycles. The Balaban J connectivity index is 1.78. The van der Waals surface area contributed by atoms with Crippen LogP contribution in [0.5, 0.6) is 0 Å². The highest BCUT2D eigenvalue weighted by atomic mass is 15.2. The molecule has 19 heavy (non-hydrogen) atoms. The minimum absolute atomic E-state index is 0.439. The molecule has 3 unspecified atom stereocenters. The molecule has 0 aromatic rings. The van der Waals surface area contributed by atoms with Crippen LogP contribution in [0.25, 0.3) is 0 Å². The summed E-state index contributed by atoms with van der Waals surface area (Å²) in [5.41, 5.74) is 6.33. The first kappa shape index (κ1) is 15.3. The first-order valence-electron chi connectivity index (χ1n) is 8.28. The van der Waals surface area contributed by atoms with Gasteiger partial charge in [-0.1, -0.05) is 13.8 Å². The molecule has 2 rings (SSSR count). The smallest absolute Gasteiger partial charge is 0.0117 e. The number of piperidine rings is 1. The van der Waals surface area contributed by atoms with Gasteiger partial charge in [0.1, 0.15) is 0 Å². The van der Waals surface area contributed by atoms with E-state index in [0.29, 0.717) is 6.04 Å². The number of rotatable bonds is 4. The Morgan fingerprint density at radius 1 is 1.16 bits per heavy atom. The van der Waals surface area contributed by atoms with Crippen molar-refractivity contribution in [1.82, 2.24) is 9.80 Å². The minimum atomic E-state index is 0.439. The van der Waals surface area contributed by atoms with Gasteiger partial charge in [-0.05, 0) is 70.6 Å². The van der Waals surface area contributed by atoms with E-state index in [4.69, 9.17) is 5.73 Å². The van der Waals surface area contributed by atoms with E-state index in [1.54, 1.807) is 0 Å². The predicted octanol–water partition coefficient (Wildman–Crippen LogP) is 2.17. The van der Waals surface area contributed by atoms with Crippen molar-refractivity contribution in [2.75, 3.05) is 33.2 Å². The minimum Gasteiger partial charge on any atom is -0.327 e. The van der Waals surface area contributed by atoms with E-state index in [1.165, 1.54) is 58.3 Å². The molecule has 2 fully saturated rings. The van der Waals surface area contributed by atoms with Crippen LogP contribution in [-0.2, 0) is 0 Å². The Morgan fingerprint density at radius 3 is 2.47 bits per heavy atom. The van der Waals surface area contributed by atoms with Gasteiger partial charge in [0.2, 0.25) is 0 Å². The summed E-state index contributed by atoms with van der Waals surface area (Å²) in [5, 5.41) is 0. The molecule has 1 saturated heterocycles. The van der Waals surface area contributed by atoms with Gasteiger partial charge in [0, 0.05) is 18.6 Å². The summed E-state index contributed by atoms with van der Waals surface area (Å²) in [6, 6.07) is 1.22. The van der Waals surface area contributed by atoms with Gasteiger partial charge in [-0.15, -0.1) is 0 Å². The number of nitrogens with two attached hydrogens (primary N) is 1. The Labute approximate surface area is 119 Å². The predicted molar refractivity (Wildman–Crippen MR) is 82.2 cm³/mol. The fourth-order valence-corrected chi connectivity index (χ4v) is 3.93. The molecular formula is C16H33N3. The van der Waals surface area contributed by atoms with Gasteiger partial charge in [-0.2, -0.15) is 0 Å². The fraction of sp³-hybridized carbons (Fsp3) is 1.00. The van der Waals surface area contributed by atoms with E-state index in [0.717, 1.165) is 17.9 Å². The SMILES string of the molecule is CCN1CCC(N(C)CC2CC(C)CCC2N)CC1. The maximum atomic E-state index is 6.33. The molecule has 2 N–H and O–H groups in total. The van der Waals surface area contributed by atoms with Gasteiger partial charge in [0.05, 0.1) is 0 Å². The van der Waals surface area contributed by atoms with E-state index in [9.17, 15) is 0 Å². The van der Waals surface area contributed by atoms with E-state index in [1.807, 2.05) is 0 Å². The molecule has 3 heteroatoms. The van der Waals surface area contributed by atoms with Gasteiger partial charge in [0.25, 0.3) is 0 Å². The summed E-state index contributed by atoms with van der Waals surface area (Å²) in [7, 11) is 2.32. The second-order valence-electron chi connectivity index (χ2n) is 6.95. The Bertz CT molecular complexity index is 261. The van der Waals surface area contributed by atoms with Crippen LogP contribution in [0.4, 0.5) is 0 Å². The molecule has 1 saturated carbocycles. The van der Waals surface area contributed by atoms with Crippen molar-refractivity contribution in [3.63, 3.8) is 0 Å². The maximum Gasteiger partial charge on any atom is 0.0117 e. The summed E-state index contributed by atoms with van der Waals surface area (Å²) in [6.07, 6.45) is 6.56. The number of hydrogen-bond donors (Lipinski definition) is 1. The van der Waals surface area contributed by atoms with Crippen LogP contribution in [0, 0.1) is 11.8 Å². The molecular weight excluding hydrogens is 234 g/mol. The topological polar surface area (TPSA) is 32.5 Å². The first-order chi connectivity index (χ1) is 9.10. The Morgan fingerprint density at radius 2 is 1.84 bits per heavy atom. The molecule has 0 amide bonds. The van der Waals surface area contributed by atoms with Crippen LogP contribution in [-0.4, -0.2) is 55.1 Å². The Kier molecular flexibility index (Phi) is 5.67. The summed E-state index contributed by atoms with van der Waals surface area (Å²) in [4.78, 5) is 5.17. The van der Waals surface area contributed by atoms with Crippen molar-refractivity contribution in [2.24, 2.45) is 17.6 Å². The standard InChI is InChI=1S/C16H33N3/c1-4-19-9-7-15(8-10-19)18(3)12-14-11-13(2)5-6-16(14)17/h13-16H,4-12,17H2,1-3H3. The lowest BCUT2D eigenvalue weighted by Crippen LogP contribution is -2.48. The third-order valence-electron chi connectivity index (χ3n) is 5.45. The molecule has 0 bridgehead atoms.